The normalized spacial score (nSPS) is 12.7. The number of fused-ring (bicyclic) bond motifs is 1. The molecule has 0 aliphatic heterocycles. The van der Waals surface area contributed by atoms with Gasteiger partial charge in [-0.1, -0.05) is 48.5 Å². The first-order chi connectivity index (χ1) is 13.4. The maximum Gasteiger partial charge on any atom is 0.266 e. The maximum atomic E-state index is 11.2. The topological polar surface area (TPSA) is 147 Å². The van der Waals surface area contributed by atoms with E-state index in [4.69, 9.17) is 10.3 Å². The summed E-state index contributed by atoms with van der Waals surface area (Å²) in [5, 5.41) is 10.9. The fourth-order valence-electron chi connectivity index (χ4n) is 2.57. The average Bonchev–Trinajstić information content (AvgIpc) is 2.61. The molecular formula is C19H22N2O6S2. The average molecular weight is 439 g/mol. The Hall–Kier alpha value is -2.66. The number of hydrogen-bond acceptors (Lipinski definition) is 6. The Morgan fingerprint density at radius 1 is 0.966 bits per heavy atom. The molecule has 29 heavy (non-hydrogen) atoms. The standard InChI is InChI=1S/C11H11NO3S.C8H11NO3S/c1-16(14,15)12-11-4-2-3-8-5-6-9(13)7-10(8)11;9-8(6-13(10,11)12)7-4-2-1-3-5-7/h2-7,12-13H,1H3;1-5,8H,6,9H2,(H,10,11,12). The van der Waals surface area contributed by atoms with Gasteiger partial charge in [-0.3, -0.25) is 9.27 Å². The summed E-state index contributed by atoms with van der Waals surface area (Å²) in [4.78, 5) is 0. The number of nitrogens with two attached hydrogens (primary N) is 1. The Morgan fingerprint density at radius 2 is 1.62 bits per heavy atom. The van der Waals surface area contributed by atoms with Crippen molar-refractivity contribution in [2.24, 2.45) is 5.73 Å². The molecule has 0 bridgehead atoms. The number of benzene rings is 3. The van der Waals surface area contributed by atoms with Gasteiger partial charge in [-0.2, -0.15) is 8.42 Å². The van der Waals surface area contributed by atoms with Crippen LogP contribution in [0.4, 0.5) is 5.69 Å². The fraction of sp³-hybridized carbons (Fsp3) is 0.158. The van der Waals surface area contributed by atoms with E-state index in [0.29, 0.717) is 16.6 Å². The Balaban J connectivity index is 0.000000212. The van der Waals surface area contributed by atoms with Crippen LogP contribution in [0, 0.1) is 0 Å². The van der Waals surface area contributed by atoms with Gasteiger partial charge in [-0.25, -0.2) is 8.42 Å². The molecule has 0 heterocycles. The second-order valence-corrected chi connectivity index (χ2v) is 9.60. The second kappa shape index (κ2) is 9.23. The van der Waals surface area contributed by atoms with Crippen molar-refractivity contribution in [3.05, 3.63) is 72.3 Å². The third-order valence-corrected chi connectivity index (χ3v) is 5.15. The molecule has 3 aromatic rings. The van der Waals surface area contributed by atoms with Gasteiger partial charge in [0.15, 0.2) is 0 Å². The SMILES string of the molecule is CS(=O)(=O)Nc1cccc2ccc(O)cc12.NC(CS(=O)(=O)O)c1ccccc1. The van der Waals surface area contributed by atoms with E-state index >= 15 is 0 Å². The minimum absolute atomic E-state index is 0.107. The van der Waals surface area contributed by atoms with Crippen LogP contribution in [-0.4, -0.2) is 38.5 Å². The predicted molar refractivity (Wildman–Crippen MR) is 114 cm³/mol. The molecule has 0 amide bonds. The number of hydrogen-bond donors (Lipinski definition) is 4. The van der Waals surface area contributed by atoms with Gasteiger partial charge in [0.25, 0.3) is 10.1 Å². The van der Waals surface area contributed by atoms with Crippen LogP contribution in [0.2, 0.25) is 0 Å². The number of sulfonamides is 1. The first kappa shape index (κ1) is 22.6. The van der Waals surface area contributed by atoms with E-state index in [1.54, 1.807) is 48.5 Å². The quantitative estimate of drug-likeness (QED) is 0.447. The lowest BCUT2D eigenvalue weighted by molar-refractivity contribution is 0.475. The number of anilines is 1. The number of nitrogens with one attached hydrogen (secondary N) is 1. The van der Waals surface area contributed by atoms with Gasteiger partial charge in [0.2, 0.25) is 10.0 Å². The predicted octanol–water partition coefficient (Wildman–Crippen LogP) is 2.49. The highest BCUT2D eigenvalue weighted by Crippen LogP contribution is 2.27. The van der Waals surface area contributed by atoms with Crippen molar-refractivity contribution < 1.29 is 26.5 Å². The Kier molecular flexibility index (Phi) is 7.20. The summed E-state index contributed by atoms with van der Waals surface area (Å²) >= 11 is 0. The first-order valence-corrected chi connectivity index (χ1v) is 11.9. The molecule has 0 aromatic heterocycles. The van der Waals surface area contributed by atoms with Crippen molar-refractivity contribution in [2.45, 2.75) is 6.04 Å². The lowest BCUT2D eigenvalue weighted by Gasteiger charge is -2.08. The summed E-state index contributed by atoms with van der Waals surface area (Å²) in [5.74, 6) is -0.341. The van der Waals surface area contributed by atoms with Gasteiger partial charge in [0.1, 0.15) is 5.75 Å². The number of phenols is 1. The number of rotatable bonds is 5. The van der Waals surface area contributed by atoms with Crippen LogP contribution in [0.25, 0.3) is 10.8 Å². The monoisotopic (exact) mass is 438 g/mol. The molecule has 156 valence electrons. The molecule has 5 N–H and O–H groups in total. The maximum absolute atomic E-state index is 11.2. The lowest BCUT2D eigenvalue weighted by Crippen LogP contribution is -2.20. The molecule has 0 fully saturated rings. The van der Waals surface area contributed by atoms with Crippen molar-refractivity contribution >= 4 is 36.6 Å². The molecule has 0 aliphatic rings. The van der Waals surface area contributed by atoms with Crippen LogP contribution in [0.15, 0.2) is 66.7 Å². The Labute approximate surface area is 169 Å². The smallest absolute Gasteiger partial charge is 0.266 e. The van der Waals surface area contributed by atoms with Crippen molar-refractivity contribution in [1.29, 1.82) is 0 Å². The van der Waals surface area contributed by atoms with Crippen LogP contribution < -0.4 is 10.5 Å². The van der Waals surface area contributed by atoms with Crippen LogP contribution in [-0.2, 0) is 20.1 Å². The van der Waals surface area contributed by atoms with E-state index < -0.39 is 31.9 Å². The van der Waals surface area contributed by atoms with Gasteiger partial charge >= 0.3 is 0 Å². The highest BCUT2D eigenvalue weighted by molar-refractivity contribution is 7.92. The van der Waals surface area contributed by atoms with Crippen LogP contribution >= 0.6 is 0 Å². The molecule has 1 unspecified atom stereocenters. The second-order valence-electron chi connectivity index (χ2n) is 6.35. The van der Waals surface area contributed by atoms with E-state index in [1.165, 1.54) is 6.07 Å². The summed E-state index contributed by atoms with van der Waals surface area (Å²) < 4.78 is 54.2. The van der Waals surface area contributed by atoms with Gasteiger partial charge in [0.05, 0.1) is 17.7 Å². The molecular weight excluding hydrogens is 416 g/mol. The summed E-state index contributed by atoms with van der Waals surface area (Å²) in [7, 11) is -7.31. The number of aromatic hydroxyl groups is 1. The van der Waals surface area contributed by atoms with E-state index in [0.717, 1.165) is 11.6 Å². The van der Waals surface area contributed by atoms with Gasteiger partial charge in [-0.05, 0) is 29.1 Å². The first-order valence-electron chi connectivity index (χ1n) is 8.40. The van der Waals surface area contributed by atoms with Gasteiger partial charge < -0.3 is 10.8 Å². The molecule has 8 nitrogen and oxygen atoms in total. The molecule has 1 atom stereocenters. The van der Waals surface area contributed by atoms with E-state index in [1.807, 2.05) is 12.1 Å². The van der Waals surface area contributed by atoms with E-state index in [-0.39, 0.29) is 5.75 Å². The molecule has 10 heteroatoms. The van der Waals surface area contributed by atoms with Gasteiger partial charge in [-0.15, -0.1) is 0 Å². The summed E-state index contributed by atoms with van der Waals surface area (Å²) in [6, 6.07) is 18.2. The van der Waals surface area contributed by atoms with Gasteiger partial charge in [0, 0.05) is 11.4 Å². The molecule has 3 aromatic carbocycles. The zero-order valence-corrected chi connectivity index (χ0v) is 17.2. The minimum atomic E-state index is -4.00. The summed E-state index contributed by atoms with van der Waals surface area (Å²) in [6.45, 7) is 0. The highest BCUT2D eigenvalue weighted by Gasteiger charge is 2.13. The zero-order chi connectivity index (χ0) is 21.7. The summed E-state index contributed by atoms with van der Waals surface area (Å²) in [5.41, 5.74) is 6.70. The third-order valence-electron chi connectivity index (χ3n) is 3.78. The van der Waals surface area contributed by atoms with Crippen molar-refractivity contribution in [1.82, 2.24) is 0 Å². The lowest BCUT2D eigenvalue weighted by atomic mass is 10.1. The molecule has 0 saturated heterocycles. The third kappa shape index (κ3) is 7.70. The largest absolute Gasteiger partial charge is 0.508 e. The minimum Gasteiger partial charge on any atom is -0.508 e. The zero-order valence-electron chi connectivity index (χ0n) is 15.6. The van der Waals surface area contributed by atoms with E-state index in [9.17, 15) is 21.9 Å². The van der Waals surface area contributed by atoms with E-state index in [2.05, 4.69) is 4.72 Å². The molecule has 0 aliphatic carbocycles. The van der Waals surface area contributed by atoms with Crippen LogP contribution in [0.1, 0.15) is 11.6 Å². The van der Waals surface area contributed by atoms with Crippen molar-refractivity contribution in [3.63, 3.8) is 0 Å². The van der Waals surface area contributed by atoms with Crippen molar-refractivity contribution in [3.8, 4) is 5.75 Å². The number of phenolic OH excluding ortho intramolecular Hbond substituents is 1. The fourth-order valence-corrected chi connectivity index (χ4v) is 3.80. The summed E-state index contributed by atoms with van der Waals surface area (Å²) in [6.07, 6.45) is 1.09. The molecule has 3 rings (SSSR count). The Bertz CT molecular complexity index is 1180. The van der Waals surface area contributed by atoms with Crippen LogP contribution in [0.5, 0.6) is 5.75 Å². The Morgan fingerprint density at radius 3 is 2.21 bits per heavy atom. The molecule has 0 saturated carbocycles. The van der Waals surface area contributed by atoms with Crippen LogP contribution in [0.3, 0.4) is 0 Å². The highest BCUT2D eigenvalue weighted by atomic mass is 32.2. The molecule has 0 spiro atoms. The molecule has 0 radical (unpaired) electrons. The van der Waals surface area contributed by atoms with Crippen molar-refractivity contribution in [2.75, 3.05) is 16.7 Å².